The molecule has 5 nitrogen and oxygen atoms in total. The molecule has 1 heterocycles. The number of carbonyl (C=O) groups is 1. The first kappa shape index (κ1) is 25.1. The Morgan fingerprint density at radius 3 is 2.24 bits per heavy atom. The molecule has 0 aromatic heterocycles. The number of aliphatic carboxylic acids is 1. The highest BCUT2D eigenvalue weighted by molar-refractivity contribution is 5.73. The molecule has 180 valence electrons. The van der Waals surface area contributed by atoms with E-state index < -0.39 is 12.1 Å². The number of alkyl halides is 3. The number of nitrogens with zero attached hydrogens (tertiary/aromatic N) is 1. The van der Waals surface area contributed by atoms with Crippen LogP contribution in [0.25, 0.3) is 0 Å². The van der Waals surface area contributed by atoms with Gasteiger partial charge in [0.05, 0.1) is 13.2 Å². The van der Waals surface area contributed by atoms with Gasteiger partial charge in [0.2, 0.25) is 0 Å². The number of halogens is 3. The minimum Gasteiger partial charge on any atom is -0.497 e. The van der Waals surface area contributed by atoms with E-state index in [0.29, 0.717) is 5.41 Å². The smallest absolute Gasteiger partial charge is 0.490 e. The normalized spacial score (nSPS) is 19.5. The van der Waals surface area contributed by atoms with Gasteiger partial charge in [-0.25, -0.2) is 4.79 Å². The lowest BCUT2D eigenvalue weighted by Crippen LogP contribution is -2.41. The van der Waals surface area contributed by atoms with Gasteiger partial charge in [-0.15, -0.1) is 0 Å². The largest absolute Gasteiger partial charge is 0.497 e. The summed E-state index contributed by atoms with van der Waals surface area (Å²) in [5.74, 6) is -1.83. The molecule has 0 bridgehead atoms. The van der Waals surface area contributed by atoms with Crippen molar-refractivity contribution in [1.82, 2.24) is 4.90 Å². The number of rotatable bonds is 4. The number of hydrogen-bond acceptors (Lipinski definition) is 4. The van der Waals surface area contributed by atoms with Gasteiger partial charge in [-0.3, -0.25) is 4.90 Å². The van der Waals surface area contributed by atoms with Crippen molar-refractivity contribution in [3.8, 4) is 5.75 Å². The predicted octanol–water partition coefficient (Wildman–Crippen LogP) is 5.26. The van der Waals surface area contributed by atoms with Crippen LogP contribution in [0, 0.1) is 6.92 Å². The monoisotopic (exact) mass is 465 g/mol. The summed E-state index contributed by atoms with van der Waals surface area (Å²) in [7, 11) is 3.57. The molecule has 1 N–H and O–H groups in total. The minimum atomic E-state index is -5.08. The van der Waals surface area contributed by atoms with E-state index in [1.807, 2.05) is 7.11 Å². The summed E-state index contributed by atoms with van der Waals surface area (Å²) < 4.78 is 42.8. The lowest BCUT2D eigenvalue weighted by Gasteiger charge is -2.40. The quantitative estimate of drug-likeness (QED) is 0.667. The van der Waals surface area contributed by atoms with E-state index in [1.165, 1.54) is 29.5 Å². The van der Waals surface area contributed by atoms with Gasteiger partial charge < -0.3 is 14.6 Å². The SMILES string of the molecule is COc1ccc(CN2CCC3(CC2)CC(OC)c2cc(C)ccc23)cc1.O=C(O)C(F)(F)F. The minimum absolute atomic E-state index is 0.262. The summed E-state index contributed by atoms with van der Waals surface area (Å²) in [6, 6.07) is 15.4. The molecule has 8 heteroatoms. The summed E-state index contributed by atoms with van der Waals surface area (Å²) in [5.41, 5.74) is 5.97. The summed E-state index contributed by atoms with van der Waals surface area (Å²) in [5, 5.41) is 7.12. The molecule has 2 aliphatic rings. The molecule has 1 spiro atoms. The average molecular weight is 466 g/mol. The van der Waals surface area contributed by atoms with Crippen LogP contribution in [0.1, 0.15) is 47.6 Å². The maximum Gasteiger partial charge on any atom is 0.490 e. The molecule has 1 unspecified atom stereocenters. The zero-order valence-electron chi connectivity index (χ0n) is 19.1. The number of likely N-dealkylation sites (tertiary alicyclic amines) is 1. The fourth-order valence-electron chi connectivity index (χ4n) is 4.82. The van der Waals surface area contributed by atoms with Crippen molar-refractivity contribution in [3.63, 3.8) is 0 Å². The van der Waals surface area contributed by atoms with Gasteiger partial charge in [0.1, 0.15) is 5.75 Å². The van der Waals surface area contributed by atoms with Gasteiger partial charge in [0.15, 0.2) is 0 Å². The second-order valence-electron chi connectivity index (χ2n) is 8.73. The molecule has 1 saturated heterocycles. The van der Waals surface area contributed by atoms with E-state index in [0.717, 1.165) is 31.8 Å². The van der Waals surface area contributed by atoms with Crippen LogP contribution in [0.2, 0.25) is 0 Å². The Bertz CT molecular complexity index is 951. The Balaban J connectivity index is 0.000000383. The van der Waals surface area contributed by atoms with Crippen LogP contribution < -0.4 is 4.74 Å². The van der Waals surface area contributed by atoms with Crippen LogP contribution >= 0.6 is 0 Å². The van der Waals surface area contributed by atoms with E-state index in [9.17, 15) is 13.2 Å². The van der Waals surface area contributed by atoms with Crippen LogP contribution in [0.4, 0.5) is 13.2 Å². The molecular weight excluding hydrogens is 435 g/mol. The molecule has 0 amide bonds. The third-order valence-electron chi connectivity index (χ3n) is 6.61. The number of carboxylic acids is 1. The highest BCUT2D eigenvalue weighted by Gasteiger charge is 2.45. The number of methoxy groups -OCH3 is 2. The molecule has 1 aliphatic carbocycles. The highest BCUT2D eigenvalue weighted by atomic mass is 19.4. The molecule has 1 atom stereocenters. The van der Waals surface area contributed by atoms with Gasteiger partial charge in [-0.05, 0) is 68.1 Å². The van der Waals surface area contributed by atoms with Crippen LogP contribution in [0.15, 0.2) is 42.5 Å². The Labute approximate surface area is 192 Å². The van der Waals surface area contributed by atoms with Crippen molar-refractivity contribution in [2.24, 2.45) is 0 Å². The van der Waals surface area contributed by atoms with Gasteiger partial charge in [0.25, 0.3) is 0 Å². The van der Waals surface area contributed by atoms with Gasteiger partial charge in [-0.2, -0.15) is 13.2 Å². The van der Waals surface area contributed by atoms with E-state index in [-0.39, 0.29) is 6.10 Å². The zero-order valence-corrected chi connectivity index (χ0v) is 19.1. The number of benzene rings is 2. The zero-order chi connectivity index (χ0) is 24.2. The molecular formula is C25H30F3NO4. The lowest BCUT2D eigenvalue weighted by molar-refractivity contribution is -0.192. The Morgan fingerprint density at radius 1 is 1.12 bits per heavy atom. The van der Waals surface area contributed by atoms with Crippen LogP contribution in [-0.4, -0.2) is 49.5 Å². The van der Waals surface area contributed by atoms with E-state index in [4.69, 9.17) is 19.4 Å². The molecule has 4 rings (SSSR count). The van der Waals surface area contributed by atoms with Gasteiger partial charge >= 0.3 is 12.1 Å². The van der Waals surface area contributed by atoms with E-state index in [2.05, 4.69) is 54.3 Å². The molecule has 1 aliphatic heterocycles. The summed E-state index contributed by atoms with van der Waals surface area (Å²) in [4.78, 5) is 11.5. The summed E-state index contributed by atoms with van der Waals surface area (Å²) >= 11 is 0. The molecule has 2 aromatic rings. The van der Waals surface area contributed by atoms with Crippen molar-refractivity contribution in [2.75, 3.05) is 27.3 Å². The first-order chi connectivity index (χ1) is 15.6. The van der Waals surface area contributed by atoms with Crippen LogP contribution in [0.5, 0.6) is 5.75 Å². The van der Waals surface area contributed by atoms with E-state index >= 15 is 0 Å². The Morgan fingerprint density at radius 2 is 1.73 bits per heavy atom. The fourth-order valence-corrected chi connectivity index (χ4v) is 4.82. The molecule has 2 aromatic carbocycles. The van der Waals surface area contributed by atoms with Crippen molar-refractivity contribution < 1.29 is 32.5 Å². The van der Waals surface area contributed by atoms with Crippen molar-refractivity contribution in [1.29, 1.82) is 0 Å². The van der Waals surface area contributed by atoms with Gasteiger partial charge in [-0.1, -0.05) is 35.9 Å². The second-order valence-corrected chi connectivity index (χ2v) is 8.73. The molecule has 33 heavy (non-hydrogen) atoms. The summed E-state index contributed by atoms with van der Waals surface area (Å²) in [6.45, 7) is 5.50. The van der Waals surface area contributed by atoms with Crippen molar-refractivity contribution in [2.45, 2.75) is 50.4 Å². The fraction of sp³-hybridized carbons (Fsp3) is 0.480. The third kappa shape index (κ3) is 5.86. The number of ether oxygens (including phenoxy) is 2. The first-order valence-corrected chi connectivity index (χ1v) is 10.9. The predicted molar refractivity (Wildman–Crippen MR) is 118 cm³/mol. The number of carboxylic acid groups (broad SMARTS) is 1. The number of hydrogen-bond donors (Lipinski definition) is 1. The standard InChI is InChI=1S/C23H29NO2.C2HF3O2/c1-17-4-9-21-20(14-17)22(26-3)15-23(21)10-12-24(13-11-23)16-18-5-7-19(25-2)8-6-18;3-2(4,5)1(6)7/h4-9,14,22H,10-13,15-16H2,1-3H3;(H,6,7). The first-order valence-electron chi connectivity index (χ1n) is 10.9. The lowest BCUT2D eigenvalue weighted by atomic mass is 9.73. The van der Waals surface area contributed by atoms with E-state index in [1.54, 1.807) is 12.7 Å². The van der Waals surface area contributed by atoms with Crippen molar-refractivity contribution >= 4 is 5.97 Å². The molecule has 0 radical (unpaired) electrons. The number of aryl methyl sites for hydroxylation is 1. The highest BCUT2D eigenvalue weighted by Crippen LogP contribution is 2.52. The molecule has 0 saturated carbocycles. The van der Waals surface area contributed by atoms with Crippen molar-refractivity contribution in [3.05, 3.63) is 64.7 Å². The van der Waals surface area contributed by atoms with Crippen LogP contribution in [-0.2, 0) is 21.5 Å². The Hall–Kier alpha value is -2.58. The van der Waals surface area contributed by atoms with Crippen LogP contribution in [0.3, 0.4) is 0 Å². The molecule has 1 fully saturated rings. The maximum absolute atomic E-state index is 10.6. The topological polar surface area (TPSA) is 59.0 Å². The average Bonchev–Trinajstić information content (AvgIpc) is 3.08. The maximum atomic E-state index is 10.6. The Kier molecular flexibility index (Phi) is 7.69. The number of piperidine rings is 1. The summed E-state index contributed by atoms with van der Waals surface area (Å²) in [6.07, 6.45) is -1.24. The second kappa shape index (κ2) is 10.1. The van der Waals surface area contributed by atoms with Gasteiger partial charge in [0, 0.05) is 19.1 Å². The third-order valence-corrected chi connectivity index (χ3v) is 6.61. The number of fused-ring (bicyclic) bond motifs is 2.